The van der Waals surface area contributed by atoms with E-state index in [0.717, 1.165) is 0 Å². The molecule has 1 atom stereocenters. The summed E-state index contributed by atoms with van der Waals surface area (Å²) >= 11 is 0. The molecule has 5 nitrogen and oxygen atoms in total. The lowest BCUT2D eigenvalue weighted by atomic mass is 9.80. The Labute approximate surface area is 109 Å². The summed E-state index contributed by atoms with van der Waals surface area (Å²) in [4.78, 5) is 13.5. The summed E-state index contributed by atoms with van der Waals surface area (Å²) in [7, 11) is 0. The van der Waals surface area contributed by atoms with Crippen molar-refractivity contribution in [1.82, 2.24) is 4.90 Å². The molecule has 1 heterocycles. The van der Waals surface area contributed by atoms with Crippen LogP contribution in [0.2, 0.25) is 0 Å². The van der Waals surface area contributed by atoms with Gasteiger partial charge in [-0.15, -0.1) is 0 Å². The first kappa shape index (κ1) is 15.2. The van der Waals surface area contributed by atoms with Crippen LogP contribution in [0.3, 0.4) is 0 Å². The first-order valence-electron chi connectivity index (χ1n) is 6.58. The lowest BCUT2D eigenvalue weighted by Crippen LogP contribution is -2.52. The molecular weight excluding hydrogens is 232 g/mol. The van der Waals surface area contributed by atoms with Crippen molar-refractivity contribution in [2.75, 3.05) is 19.6 Å². The lowest BCUT2D eigenvalue weighted by molar-refractivity contribution is -0.0620. The smallest absolute Gasteiger partial charge is 0.410 e. The van der Waals surface area contributed by atoms with Crippen LogP contribution < -0.4 is 5.73 Å². The van der Waals surface area contributed by atoms with Gasteiger partial charge >= 0.3 is 6.09 Å². The van der Waals surface area contributed by atoms with Crippen LogP contribution in [-0.2, 0) is 4.74 Å². The zero-order chi connectivity index (χ0) is 14.0. The number of carbonyl (C=O) groups is 1. The summed E-state index contributed by atoms with van der Waals surface area (Å²) in [5, 5.41) is 10.4. The van der Waals surface area contributed by atoms with Gasteiger partial charge in [-0.05, 0) is 46.1 Å². The van der Waals surface area contributed by atoms with Crippen LogP contribution in [0.5, 0.6) is 0 Å². The van der Waals surface area contributed by atoms with Gasteiger partial charge in [0.1, 0.15) is 5.60 Å². The van der Waals surface area contributed by atoms with Crippen LogP contribution in [0, 0.1) is 5.92 Å². The Morgan fingerprint density at radius 1 is 1.44 bits per heavy atom. The highest BCUT2D eigenvalue weighted by atomic mass is 16.6. The van der Waals surface area contributed by atoms with E-state index in [1.165, 1.54) is 0 Å². The molecule has 0 bridgehead atoms. The number of hydrogen-bond donors (Lipinski definition) is 2. The zero-order valence-electron chi connectivity index (χ0n) is 11.9. The van der Waals surface area contributed by atoms with Crippen LogP contribution in [0.1, 0.15) is 40.5 Å². The predicted molar refractivity (Wildman–Crippen MR) is 70.2 cm³/mol. The fourth-order valence-electron chi connectivity index (χ4n) is 2.12. The van der Waals surface area contributed by atoms with Gasteiger partial charge in [-0.25, -0.2) is 4.79 Å². The minimum Gasteiger partial charge on any atom is -0.444 e. The van der Waals surface area contributed by atoms with Crippen molar-refractivity contribution < 1.29 is 14.6 Å². The van der Waals surface area contributed by atoms with Gasteiger partial charge in [-0.1, -0.05) is 6.92 Å². The Morgan fingerprint density at radius 3 is 2.33 bits per heavy atom. The number of nitrogens with zero attached hydrogens (tertiary/aromatic N) is 1. The van der Waals surface area contributed by atoms with Crippen molar-refractivity contribution in [2.45, 2.75) is 51.7 Å². The van der Waals surface area contributed by atoms with Crippen LogP contribution in [0.25, 0.3) is 0 Å². The molecule has 1 aliphatic heterocycles. The largest absolute Gasteiger partial charge is 0.444 e. The molecule has 5 heteroatoms. The van der Waals surface area contributed by atoms with Gasteiger partial charge in [-0.2, -0.15) is 0 Å². The Kier molecular flexibility index (Phi) is 4.61. The van der Waals surface area contributed by atoms with Crippen molar-refractivity contribution >= 4 is 6.09 Å². The summed E-state index contributed by atoms with van der Waals surface area (Å²) in [6, 6.07) is 0. The minimum atomic E-state index is -0.743. The van der Waals surface area contributed by atoms with Gasteiger partial charge in [0, 0.05) is 13.1 Å². The van der Waals surface area contributed by atoms with Gasteiger partial charge in [0.05, 0.1) is 5.60 Å². The van der Waals surface area contributed by atoms with E-state index in [4.69, 9.17) is 10.5 Å². The molecule has 0 radical (unpaired) electrons. The molecule has 1 amide bonds. The van der Waals surface area contributed by atoms with Crippen molar-refractivity contribution in [2.24, 2.45) is 11.7 Å². The number of carbonyl (C=O) groups excluding carboxylic acids is 1. The van der Waals surface area contributed by atoms with Gasteiger partial charge < -0.3 is 20.5 Å². The van der Waals surface area contributed by atoms with E-state index in [9.17, 15) is 9.90 Å². The molecule has 0 saturated carbocycles. The number of amides is 1. The summed E-state index contributed by atoms with van der Waals surface area (Å²) in [6.45, 7) is 9.00. The van der Waals surface area contributed by atoms with E-state index < -0.39 is 11.2 Å². The number of rotatable bonds is 2. The number of likely N-dealkylation sites (tertiary alicyclic amines) is 1. The Morgan fingerprint density at radius 2 is 1.94 bits per heavy atom. The monoisotopic (exact) mass is 258 g/mol. The van der Waals surface area contributed by atoms with Crippen molar-refractivity contribution in [3.8, 4) is 0 Å². The number of nitrogens with two attached hydrogens (primary N) is 1. The Balaban J connectivity index is 2.51. The van der Waals surface area contributed by atoms with Crippen molar-refractivity contribution in [1.29, 1.82) is 0 Å². The molecule has 18 heavy (non-hydrogen) atoms. The Bertz CT molecular complexity index is 291. The highest BCUT2D eigenvalue weighted by Gasteiger charge is 2.38. The third-order valence-corrected chi connectivity index (χ3v) is 3.55. The standard InChI is InChI=1S/C13H26N2O3/c1-10(9-14)13(17)5-7-15(8-6-13)11(16)18-12(2,3)4/h10,17H,5-9,14H2,1-4H3. The molecule has 1 aliphatic rings. The molecular formula is C13H26N2O3. The highest BCUT2D eigenvalue weighted by Crippen LogP contribution is 2.29. The van der Waals surface area contributed by atoms with Crippen LogP contribution in [0.4, 0.5) is 4.79 Å². The zero-order valence-corrected chi connectivity index (χ0v) is 11.9. The van der Waals surface area contributed by atoms with Gasteiger partial charge in [0.2, 0.25) is 0 Å². The van der Waals surface area contributed by atoms with E-state index >= 15 is 0 Å². The summed E-state index contributed by atoms with van der Waals surface area (Å²) in [6.07, 6.45) is 0.819. The van der Waals surface area contributed by atoms with Gasteiger partial charge in [-0.3, -0.25) is 0 Å². The average Bonchev–Trinajstić information content (AvgIpc) is 2.26. The molecule has 1 unspecified atom stereocenters. The van der Waals surface area contributed by atoms with E-state index in [-0.39, 0.29) is 12.0 Å². The summed E-state index contributed by atoms with van der Waals surface area (Å²) < 4.78 is 5.31. The molecule has 0 aromatic heterocycles. The maximum Gasteiger partial charge on any atom is 0.410 e. The number of ether oxygens (including phenoxy) is 1. The molecule has 0 spiro atoms. The number of aliphatic hydroxyl groups is 1. The predicted octanol–water partition coefficient (Wildman–Crippen LogP) is 1.34. The van der Waals surface area contributed by atoms with E-state index in [1.54, 1.807) is 4.90 Å². The third kappa shape index (κ3) is 3.85. The molecule has 1 fully saturated rings. The van der Waals surface area contributed by atoms with Gasteiger partial charge in [0.15, 0.2) is 0 Å². The normalized spacial score (nSPS) is 21.6. The second kappa shape index (κ2) is 5.45. The molecule has 1 rings (SSSR count). The topological polar surface area (TPSA) is 75.8 Å². The maximum atomic E-state index is 11.9. The molecule has 106 valence electrons. The molecule has 1 saturated heterocycles. The first-order chi connectivity index (χ1) is 8.18. The molecule has 0 aromatic rings. The Hall–Kier alpha value is -0.810. The molecule has 0 aliphatic carbocycles. The minimum absolute atomic E-state index is 0.0540. The second-order valence-corrected chi connectivity index (χ2v) is 6.21. The molecule has 0 aromatic carbocycles. The third-order valence-electron chi connectivity index (χ3n) is 3.55. The highest BCUT2D eigenvalue weighted by molar-refractivity contribution is 5.68. The molecule has 3 N–H and O–H groups in total. The van der Waals surface area contributed by atoms with Crippen molar-refractivity contribution in [3.63, 3.8) is 0 Å². The summed E-state index contributed by atoms with van der Waals surface area (Å²) in [5.74, 6) is 0.0540. The van der Waals surface area contributed by atoms with E-state index in [0.29, 0.717) is 32.5 Å². The fourth-order valence-corrected chi connectivity index (χ4v) is 2.12. The average molecular weight is 258 g/mol. The van der Waals surface area contributed by atoms with E-state index in [1.807, 2.05) is 27.7 Å². The van der Waals surface area contributed by atoms with Crippen LogP contribution in [0.15, 0.2) is 0 Å². The fraction of sp³-hybridized carbons (Fsp3) is 0.923. The quantitative estimate of drug-likeness (QED) is 0.784. The first-order valence-corrected chi connectivity index (χ1v) is 6.58. The number of piperidine rings is 1. The SMILES string of the molecule is CC(CN)C1(O)CCN(C(=O)OC(C)(C)C)CC1. The van der Waals surface area contributed by atoms with Gasteiger partial charge in [0.25, 0.3) is 0 Å². The maximum absolute atomic E-state index is 11.9. The van der Waals surface area contributed by atoms with Crippen LogP contribution in [-0.4, -0.2) is 46.9 Å². The van der Waals surface area contributed by atoms with Crippen molar-refractivity contribution in [3.05, 3.63) is 0 Å². The second-order valence-electron chi connectivity index (χ2n) is 6.21. The lowest BCUT2D eigenvalue weighted by Gasteiger charge is -2.41. The summed E-state index contributed by atoms with van der Waals surface area (Å²) in [5.41, 5.74) is 4.38. The van der Waals surface area contributed by atoms with E-state index in [2.05, 4.69) is 0 Å². The number of hydrogen-bond acceptors (Lipinski definition) is 4. The van der Waals surface area contributed by atoms with Crippen LogP contribution >= 0.6 is 0 Å².